The molecule has 0 amide bonds. The van der Waals surface area contributed by atoms with E-state index in [9.17, 15) is 24.9 Å². The van der Waals surface area contributed by atoms with Crippen molar-refractivity contribution in [2.45, 2.75) is 18.4 Å². The molecule has 6 nitrogen and oxygen atoms in total. The zero-order valence-corrected chi connectivity index (χ0v) is 10.8. The van der Waals surface area contributed by atoms with Crippen LogP contribution in [0.3, 0.4) is 0 Å². The number of aromatic hydroxyl groups is 2. The smallest absolute Gasteiger partial charge is 0.339 e. The lowest BCUT2D eigenvalue weighted by molar-refractivity contribution is 0.0798. The predicted molar refractivity (Wildman–Crippen MR) is 71.5 cm³/mol. The Morgan fingerprint density at radius 3 is 2.62 bits per heavy atom. The van der Waals surface area contributed by atoms with Gasteiger partial charge in [-0.05, 0) is 11.6 Å². The molecule has 2 atom stereocenters. The lowest BCUT2D eigenvalue weighted by atomic mass is 9.78. The van der Waals surface area contributed by atoms with E-state index in [2.05, 4.69) is 0 Å². The van der Waals surface area contributed by atoms with Crippen LogP contribution >= 0.6 is 0 Å². The van der Waals surface area contributed by atoms with E-state index in [-0.39, 0.29) is 35.0 Å². The van der Waals surface area contributed by atoms with Gasteiger partial charge in [-0.3, -0.25) is 4.79 Å². The number of carbonyl (C=O) groups is 1. The number of aliphatic hydroxyl groups excluding tert-OH is 1. The molecule has 0 aliphatic heterocycles. The van der Waals surface area contributed by atoms with Gasteiger partial charge in [0.15, 0.2) is 5.78 Å². The first-order chi connectivity index (χ1) is 9.97. The number of rotatable bonds is 1. The molecule has 108 valence electrons. The molecule has 1 aromatic carbocycles. The highest BCUT2D eigenvalue weighted by molar-refractivity contribution is 6.01. The molecule has 1 aliphatic carbocycles. The summed E-state index contributed by atoms with van der Waals surface area (Å²) in [6.45, 7) is 0. The standard InChI is InChI=1S/C15H12O6/c16-7-4-12(21-13(20)5-7)15-8-2-1-3-9(17)14(8)10(18)6-11(15)19/h1-5,11,15-17,19H,6H2/t11-,15?/m0/s1. The SMILES string of the molecule is O=C1C[C@H](O)C(c2cc(O)cc(=O)o2)c2cccc(O)c21. The molecule has 0 saturated heterocycles. The number of Topliss-reactive ketones (excluding diaryl/α,β-unsaturated/α-hetero) is 1. The Morgan fingerprint density at radius 1 is 1.14 bits per heavy atom. The van der Waals surface area contributed by atoms with Crippen molar-refractivity contribution in [1.29, 1.82) is 0 Å². The first-order valence-corrected chi connectivity index (χ1v) is 6.34. The van der Waals surface area contributed by atoms with Crippen LogP contribution in [0.1, 0.15) is 34.0 Å². The van der Waals surface area contributed by atoms with Crippen LogP contribution in [-0.2, 0) is 0 Å². The highest BCUT2D eigenvalue weighted by atomic mass is 16.4. The number of phenolic OH excluding ortho intramolecular Hbond substituents is 1. The number of aliphatic hydroxyl groups is 1. The zero-order valence-electron chi connectivity index (χ0n) is 10.8. The van der Waals surface area contributed by atoms with Crippen molar-refractivity contribution in [1.82, 2.24) is 0 Å². The van der Waals surface area contributed by atoms with Crippen molar-refractivity contribution in [3.05, 3.63) is 57.6 Å². The van der Waals surface area contributed by atoms with Crippen LogP contribution in [0.5, 0.6) is 11.5 Å². The van der Waals surface area contributed by atoms with Gasteiger partial charge in [0.2, 0.25) is 0 Å². The van der Waals surface area contributed by atoms with Crippen LogP contribution in [0.15, 0.2) is 39.5 Å². The molecule has 3 N–H and O–H groups in total. The number of carbonyl (C=O) groups excluding carboxylic acids is 1. The van der Waals surface area contributed by atoms with Crippen molar-refractivity contribution < 1.29 is 24.5 Å². The van der Waals surface area contributed by atoms with E-state index >= 15 is 0 Å². The molecule has 1 aliphatic rings. The summed E-state index contributed by atoms with van der Waals surface area (Å²) in [5, 5.41) is 29.5. The minimum atomic E-state index is -1.10. The van der Waals surface area contributed by atoms with E-state index < -0.39 is 17.6 Å². The summed E-state index contributed by atoms with van der Waals surface area (Å²) < 4.78 is 5.03. The second kappa shape index (κ2) is 4.75. The first kappa shape index (κ1) is 13.4. The Bertz CT molecular complexity index is 776. The summed E-state index contributed by atoms with van der Waals surface area (Å²) in [6.07, 6.45) is -1.30. The van der Waals surface area contributed by atoms with Gasteiger partial charge in [-0.25, -0.2) is 4.79 Å². The molecule has 1 aromatic heterocycles. The molecule has 1 unspecified atom stereocenters. The van der Waals surface area contributed by atoms with Crippen LogP contribution in [0.4, 0.5) is 0 Å². The van der Waals surface area contributed by atoms with E-state index in [1.54, 1.807) is 6.07 Å². The molecule has 2 aromatic rings. The maximum atomic E-state index is 12.0. The maximum Gasteiger partial charge on any atom is 0.339 e. The van der Waals surface area contributed by atoms with Crippen LogP contribution in [0.25, 0.3) is 0 Å². The van der Waals surface area contributed by atoms with E-state index in [1.165, 1.54) is 18.2 Å². The lowest BCUT2D eigenvalue weighted by Gasteiger charge is -2.28. The van der Waals surface area contributed by atoms with E-state index in [0.717, 1.165) is 6.07 Å². The Morgan fingerprint density at radius 2 is 1.90 bits per heavy atom. The largest absolute Gasteiger partial charge is 0.508 e. The number of hydrogen-bond acceptors (Lipinski definition) is 6. The molecular weight excluding hydrogens is 276 g/mol. The van der Waals surface area contributed by atoms with Crippen molar-refractivity contribution in [2.24, 2.45) is 0 Å². The molecular formula is C15H12O6. The third-order valence-electron chi connectivity index (χ3n) is 3.55. The molecule has 6 heteroatoms. The zero-order chi connectivity index (χ0) is 15.1. The van der Waals surface area contributed by atoms with Gasteiger partial charge < -0.3 is 19.7 Å². The maximum absolute atomic E-state index is 12.0. The van der Waals surface area contributed by atoms with Gasteiger partial charge in [0, 0.05) is 12.5 Å². The summed E-state index contributed by atoms with van der Waals surface area (Å²) in [5.41, 5.74) is -0.276. The molecule has 1 heterocycles. The van der Waals surface area contributed by atoms with Crippen molar-refractivity contribution in [3.8, 4) is 11.5 Å². The Balaban J connectivity index is 2.23. The van der Waals surface area contributed by atoms with Crippen LogP contribution in [-0.4, -0.2) is 27.2 Å². The van der Waals surface area contributed by atoms with Gasteiger partial charge in [-0.15, -0.1) is 0 Å². The number of benzene rings is 1. The van der Waals surface area contributed by atoms with Gasteiger partial charge in [-0.1, -0.05) is 12.1 Å². The van der Waals surface area contributed by atoms with E-state index in [4.69, 9.17) is 4.42 Å². The lowest BCUT2D eigenvalue weighted by Crippen LogP contribution is -2.30. The summed E-state index contributed by atoms with van der Waals surface area (Å²) in [6, 6.07) is 6.62. The van der Waals surface area contributed by atoms with Crippen LogP contribution in [0, 0.1) is 0 Å². The fraction of sp³-hybridized carbons (Fsp3) is 0.200. The van der Waals surface area contributed by atoms with Gasteiger partial charge in [0.25, 0.3) is 0 Å². The monoisotopic (exact) mass is 288 g/mol. The quantitative estimate of drug-likeness (QED) is 0.726. The van der Waals surface area contributed by atoms with Crippen LogP contribution < -0.4 is 5.63 Å². The molecule has 0 radical (unpaired) electrons. The second-order valence-electron chi connectivity index (χ2n) is 4.95. The second-order valence-corrected chi connectivity index (χ2v) is 4.95. The minimum absolute atomic E-state index is 0.0480. The summed E-state index contributed by atoms with van der Waals surface area (Å²) >= 11 is 0. The fourth-order valence-corrected chi connectivity index (χ4v) is 2.72. The van der Waals surface area contributed by atoms with Crippen molar-refractivity contribution >= 4 is 5.78 Å². The minimum Gasteiger partial charge on any atom is -0.508 e. The van der Waals surface area contributed by atoms with E-state index in [0.29, 0.717) is 5.56 Å². The summed E-state index contributed by atoms with van der Waals surface area (Å²) in [4.78, 5) is 23.3. The van der Waals surface area contributed by atoms with Gasteiger partial charge in [0.1, 0.15) is 17.3 Å². The Hall–Kier alpha value is -2.60. The van der Waals surface area contributed by atoms with Crippen molar-refractivity contribution in [3.63, 3.8) is 0 Å². The third kappa shape index (κ3) is 2.19. The molecule has 21 heavy (non-hydrogen) atoms. The summed E-state index contributed by atoms with van der Waals surface area (Å²) in [5.74, 6) is -1.60. The normalized spacial score (nSPS) is 21.1. The Kier molecular flexibility index (Phi) is 3.03. The highest BCUT2D eigenvalue weighted by Gasteiger charge is 2.37. The summed E-state index contributed by atoms with van der Waals surface area (Å²) in [7, 11) is 0. The van der Waals surface area contributed by atoms with Gasteiger partial charge >= 0.3 is 5.63 Å². The molecule has 0 bridgehead atoms. The molecule has 3 rings (SSSR count). The highest BCUT2D eigenvalue weighted by Crippen LogP contribution is 2.40. The van der Waals surface area contributed by atoms with Gasteiger partial charge in [-0.2, -0.15) is 0 Å². The first-order valence-electron chi connectivity index (χ1n) is 6.34. The third-order valence-corrected chi connectivity index (χ3v) is 3.55. The van der Waals surface area contributed by atoms with Crippen LogP contribution in [0.2, 0.25) is 0 Å². The average Bonchev–Trinajstić information content (AvgIpc) is 2.36. The molecule has 0 fully saturated rings. The number of fused-ring (bicyclic) bond motifs is 1. The number of phenols is 1. The molecule has 0 spiro atoms. The average molecular weight is 288 g/mol. The van der Waals surface area contributed by atoms with Gasteiger partial charge in [0.05, 0.1) is 23.7 Å². The van der Waals surface area contributed by atoms with Crippen molar-refractivity contribution in [2.75, 3.05) is 0 Å². The topological polar surface area (TPSA) is 108 Å². The number of ketones is 1. The van der Waals surface area contributed by atoms with E-state index in [1.807, 2.05) is 0 Å². The number of hydrogen-bond donors (Lipinski definition) is 3. The fourth-order valence-electron chi connectivity index (χ4n) is 2.72. The Labute approximate surface area is 118 Å². The molecule has 0 saturated carbocycles. The predicted octanol–water partition coefficient (Wildman–Crippen LogP) is 1.13.